The number of nitrogens with zero attached hydrogens (tertiary/aromatic N) is 2. The molecule has 0 aliphatic carbocycles. The Balaban J connectivity index is 2.51. The van der Waals surface area contributed by atoms with Crippen molar-refractivity contribution in [2.75, 3.05) is 0 Å². The number of ketones is 1. The van der Waals surface area contributed by atoms with Crippen LogP contribution in [0, 0.1) is 5.92 Å². The quantitative estimate of drug-likeness (QED) is 0.838. The van der Waals surface area contributed by atoms with Crippen LogP contribution in [0.1, 0.15) is 43.7 Å². The van der Waals surface area contributed by atoms with Crippen molar-refractivity contribution in [3.8, 4) is 0 Å². The number of amides is 1. The minimum absolute atomic E-state index is 0.0643. The molecule has 0 saturated heterocycles. The van der Waals surface area contributed by atoms with Gasteiger partial charge in [0.1, 0.15) is 11.2 Å². The summed E-state index contributed by atoms with van der Waals surface area (Å²) in [5.74, 6) is 0.192. The largest absolute Gasteiger partial charge is 0.307 e. The van der Waals surface area contributed by atoms with Crippen molar-refractivity contribution in [2.45, 2.75) is 33.2 Å². The summed E-state index contributed by atoms with van der Waals surface area (Å²) in [5.41, 5.74) is 0.100. The van der Waals surface area contributed by atoms with Gasteiger partial charge in [-0.25, -0.2) is 4.99 Å². The molecule has 19 heavy (non-hydrogen) atoms. The predicted molar refractivity (Wildman–Crippen MR) is 72.2 cm³/mol. The smallest absolute Gasteiger partial charge is 0.253 e. The minimum Gasteiger partial charge on any atom is -0.307 e. The number of Topliss-reactive ketones (excluding diaryl/α,β-unsaturated/α-hetero) is 1. The van der Waals surface area contributed by atoms with Gasteiger partial charge in [0, 0.05) is 11.8 Å². The van der Waals surface area contributed by atoms with Crippen molar-refractivity contribution in [2.24, 2.45) is 10.9 Å². The molecule has 1 aromatic heterocycles. The van der Waals surface area contributed by atoms with Crippen molar-refractivity contribution in [3.63, 3.8) is 0 Å². The summed E-state index contributed by atoms with van der Waals surface area (Å²) in [7, 11) is 0. The van der Waals surface area contributed by atoms with Gasteiger partial charge < -0.3 is 5.32 Å². The van der Waals surface area contributed by atoms with Gasteiger partial charge in [-0.3, -0.25) is 14.6 Å². The van der Waals surface area contributed by atoms with Crippen molar-refractivity contribution in [3.05, 3.63) is 29.6 Å². The molecule has 1 unspecified atom stereocenters. The van der Waals surface area contributed by atoms with E-state index < -0.39 is 5.54 Å². The van der Waals surface area contributed by atoms with Crippen LogP contribution in [-0.4, -0.2) is 28.0 Å². The second kappa shape index (κ2) is 4.57. The number of pyridine rings is 1. The van der Waals surface area contributed by atoms with E-state index in [0.717, 1.165) is 0 Å². The minimum atomic E-state index is -0.805. The molecule has 0 bridgehead atoms. The van der Waals surface area contributed by atoms with Crippen molar-refractivity contribution in [1.29, 1.82) is 0 Å². The first-order valence-electron chi connectivity index (χ1n) is 6.24. The van der Waals surface area contributed by atoms with E-state index >= 15 is 0 Å². The third kappa shape index (κ3) is 2.16. The van der Waals surface area contributed by atoms with Crippen LogP contribution in [0.5, 0.6) is 0 Å². The van der Waals surface area contributed by atoms with Crippen molar-refractivity contribution in [1.82, 2.24) is 10.3 Å². The lowest BCUT2D eigenvalue weighted by molar-refractivity contribution is -0.124. The first kappa shape index (κ1) is 13.4. The van der Waals surface area contributed by atoms with E-state index in [9.17, 15) is 9.59 Å². The van der Waals surface area contributed by atoms with Gasteiger partial charge in [0.2, 0.25) is 0 Å². The van der Waals surface area contributed by atoms with E-state index in [1.54, 1.807) is 25.3 Å². The van der Waals surface area contributed by atoms with E-state index in [4.69, 9.17) is 0 Å². The van der Waals surface area contributed by atoms with Crippen LogP contribution in [-0.2, 0) is 4.79 Å². The number of carbonyl (C=O) groups excluding carboxylic acids is 2. The fourth-order valence-corrected chi connectivity index (χ4v) is 1.93. The summed E-state index contributed by atoms with van der Waals surface area (Å²) < 4.78 is 0. The normalized spacial score (nSPS) is 22.4. The van der Waals surface area contributed by atoms with Crippen LogP contribution in [0.15, 0.2) is 23.3 Å². The molecule has 5 heteroatoms. The highest BCUT2D eigenvalue weighted by molar-refractivity contribution is 6.18. The van der Waals surface area contributed by atoms with Crippen LogP contribution in [0.25, 0.3) is 0 Å². The summed E-state index contributed by atoms with van der Waals surface area (Å²) in [6.45, 7) is 7.14. The number of hydrogen-bond donors (Lipinski definition) is 1. The second-order valence-corrected chi connectivity index (χ2v) is 5.17. The molecule has 1 aliphatic rings. The van der Waals surface area contributed by atoms with Gasteiger partial charge in [0.05, 0.1) is 0 Å². The maximum Gasteiger partial charge on any atom is 0.253 e. The van der Waals surface area contributed by atoms with Crippen LogP contribution >= 0.6 is 0 Å². The molecule has 5 nitrogen and oxygen atoms in total. The summed E-state index contributed by atoms with van der Waals surface area (Å²) in [4.78, 5) is 32.3. The molecule has 0 fully saturated rings. The molecule has 1 aliphatic heterocycles. The molecule has 0 radical (unpaired) electrons. The molecule has 100 valence electrons. The lowest BCUT2D eigenvalue weighted by Crippen LogP contribution is -2.41. The van der Waals surface area contributed by atoms with Crippen molar-refractivity contribution >= 4 is 17.5 Å². The number of hydrogen-bond acceptors (Lipinski definition) is 4. The van der Waals surface area contributed by atoms with E-state index in [2.05, 4.69) is 15.3 Å². The zero-order chi connectivity index (χ0) is 14.2. The number of amidine groups is 1. The first-order valence-corrected chi connectivity index (χ1v) is 6.24. The van der Waals surface area contributed by atoms with Gasteiger partial charge in [-0.1, -0.05) is 13.8 Å². The number of nitrogens with one attached hydrogen (secondary N) is 1. The Kier molecular flexibility index (Phi) is 3.22. The maximum absolute atomic E-state index is 12.1. The Morgan fingerprint density at radius 2 is 2.11 bits per heavy atom. The molecule has 0 saturated carbocycles. The molecule has 0 aromatic carbocycles. The lowest BCUT2D eigenvalue weighted by Gasteiger charge is -2.21. The van der Waals surface area contributed by atoms with Crippen molar-refractivity contribution < 1.29 is 9.59 Å². The molecule has 1 amide bonds. The Morgan fingerprint density at radius 1 is 1.42 bits per heavy atom. The highest BCUT2D eigenvalue weighted by Gasteiger charge is 2.42. The number of carbonyl (C=O) groups is 2. The molecule has 0 spiro atoms. The molecule has 2 heterocycles. The fourth-order valence-electron chi connectivity index (χ4n) is 1.93. The van der Waals surface area contributed by atoms with Gasteiger partial charge in [0.15, 0.2) is 11.6 Å². The fraction of sp³-hybridized carbons (Fsp3) is 0.429. The molecular formula is C14H17N3O2. The van der Waals surface area contributed by atoms with Gasteiger partial charge in [-0.2, -0.15) is 0 Å². The van der Waals surface area contributed by atoms with Crippen LogP contribution in [0.4, 0.5) is 0 Å². The summed E-state index contributed by atoms with van der Waals surface area (Å²) in [6.07, 6.45) is 1.58. The van der Waals surface area contributed by atoms with Crippen LogP contribution < -0.4 is 5.32 Å². The van der Waals surface area contributed by atoms with Gasteiger partial charge >= 0.3 is 0 Å². The van der Waals surface area contributed by atoms with Gasteiger partial charge in [0.25, 0.3) is 5.91 Å². The SMILES string of the molecule is CC(=O)c1cccnc1C1=NC(C)(C(C)C)C(=O)N1. The van der Waals surface area contributed by atoms with Gasteiger partial charge in [-0.15, -0.1) is 0 Å². The zero-order valence-corrected chi connectivity index (χ0v) is 11.5. The highest BCUT2D eigenvalue weighted by Crippen LogP contribution is 2.27. The second-order valence-electron chi connectivity index (χ2n) is 5.17. The molecular weight excluding hydrogens is 242 g/mol. The summed E-state index contributed by atoms with van der Waals surface area (Å²) in [5, 5.41) is 2.73. The number of aromatic nitrogens is 1. The summed E-state index contributed by atoms with van der Waals surface area (Å²) >= 11 is 0. The molecule has 1 atom stereocenters. The van der Waals surface area contributed by atoms with E-state index in [1.165, 1.54) is 6.92 Å². The third-order valence-corrected chi connectivity index (χ3v) is 3.57. The average Bonchev–Trinajstić information content (AvgIpc) is 2.67. The van der Waals surface area contributed by atoms with E-state index in [0.29, 0.717) is 17.1 Å². The molecule has 1 N–H and O–H groups in total. The maximum atomic E-state index is 12.1. The standard InChI is InChI=1S/C14H17N3O2/c1-8(2)14(4)13(19)16-12(17-14)11-10(9(3)18)6-5-7-15-11/h5-8H,1-4H3,(H,16,17,19). The van der Waals surface area contributed by atoms with Crippen LogP contribution in [0.2, 0.25) is 0 Å². The Morgan fingerprint density at radius 3 is 2.63 bits per heavy atom. The van der Waals surface area contributed by atoms with Crippen LogP contribution in [0.3, 0.4) is 0 Å². The zero-order valence-electron chi connectivity index (χ0n) is 11.5. The highest BCUT2D eigenvalue weighted by atomic mass is 16.2. The molecule has 2 rings (SSSR count). The first-order chi connectivity index (χ1) is 8.86. The Bertz CT molecular complexity index is 578. The Labute approximate surface area is 112 Å². The number of rotatable bonds is 3. The topological polar surface area (TPSA) is 71.4 Å². The van der Waals surface area contributed by atoms with E-state index in [-0.39, 0.29) is 17.6 Å². The van der Waals surface area contributed by atoms with E-state index in [1.807, 2.05) is 13.8 Å². The molecule has 1 aromatic rings. The van der Waals surface area contributed by atoms with Gasteiger partial charge in [-0.05, 0) is 31.9 Å². The predicted octanol–water partition coefficient (Wildman–Crippen LogP) is 1.58. The lowest BCUT2D eigenvalue weighted by atomic mass is 9.89. The Hall–Kier alpha value is -2.04. The third-order valence-electron chi connectivity index (χ3n) is 3.57. The monoisotopic (exact) mass is 259 g/mol. The average molecular weight is 259 g/mol. The number of aliphatic imine (C=N–C) groups is 1. The summed E-state index contributed by atoms with van der Waals surface area (Å²) in [6, 6.07) is 3.38.